The molecule has 0 spiro atoms. The lowest BCUT2D eigenvalue weighted by Gasteiger charge is -2.33. The van der Waals surface area contributed by atoms with Gasteiger partial charge in [0.25, 0.3) is 0 Å². The standard InChI is InChI=1S/C31H38ClN3O4S/c1-5-6-17-33-31(37)29(20-25-11-8-7-9-12-25)34(21-26-13-10-14-27(32)19-26)30(36)22-35(40(4,38)39)28-16-15-23(2)24(3)18-28/h7-16,18-19,29H,5-6,17,20-22H2,1-4H3,(H,33,37). The van der Waals surface area contributed by atoms with Crippen molar-refractivity contribution in [2.24, 2.45) is 0 Å². The normalized spacial score (nSPS) is 12.0. The Morgan fingerprint density at radius 3 is 2.25 bits per heavy atom. The Balaban J connectivity index is 2.04. The topological polar surface area (TPSA) is 86.8 Å². The minimum Gasteiger partial charge on any atom is -0.354 e. The van der Waals surface area contributed by atoms with Gasteiger partial charge in [0.2, 0.25) is 21.8 Å². The van der Waals surface area contributed by atoms with Crippen LogP contribution in [0.15, 0.2) is 72.8 Å². The third-order valence-corrected chi connectivity index (χ3v) is 8.18. The Labute approximate surface area is 243 Å². The largest absolute Gasteiger partial charge is 0.354 e. The van der Waals surface area contributed by atoms with Gasteiger partial charge in [-0.1, -0.05) is 73.5 Å². The molecule has 0 heterocycles. The van der Waals surface area contributed by atoms with Crippen molar-refractivity contribution >= 4 is 39.1 Å². The molecule has 1 N–H and O–H groups in total. The molecule has 214 valence electrons. The smallest absolute Gasteiger partial charge is 0.244 e. The predicted octanol–water partition coefficient (Wildman–Crippen LogP) is 5.28. The first-order valence-electron chi connectivity index (χ1n) is 13.4. The number of unbranched alkanes of at least 4 members (excludes halogenated alkanes) is 1. The zero-order chi connectivity index (χ0) is 29.3. The van der Waals surface area contributed by atoms with Crippen LogP contribution in [0.2, 0.25) is 5.02 Å². The minimum absolute atomic E-state index is 0.0859. The Morgan fingerprint density at radius 2 is 1.62 bits per heavy atom. The van der Waals surface area contributed by atoms with Gasteiger partial charge in [0, 0.05) is 24.5 Å². The summed E-state index contributed by atoms with van der Waals surface area (Å²) in [4.78, 5) is 29.2. The van der Waals surface area contributed by atoms with Crippen LogP contribution in [0.4, 0.5) is 5.69 Å². The number of sulfonamides is 1. The number of rotatable bonds is 13. The highest BCUT2D eigenvalue weighted by atomic mass is 35.5. The molecule has 0 aliphatic heterocycles. The summed E-state index contributed by atoms with van der Waals surface area (Å²) < 4.78 is 26.9. The van der Waals surface area contributed by atoms with Gasteiger partial charge in [-0.15, -0.1) is 0 Å². The van der Waals surface area contributed by atoms with E-state index in [4.69, 9.17) is 11.6 Å². The van der Waals surface area contributed by atoms with Gasteiger partial charge in [0.1, 0.15) is 12.6 Å². The lowest BCUT2D eigenvalue weighted by molar-refractivity contribution is -0.140. The summed E-state index contributed by atoms with van der Waals surface area (Å²) in [5.74, 6) is -0.778. The average Bonchev–Trinajstić information content (AvgIpc) is 2.91. The molecule has 3 aromatic carbocycles. The van der Waals surface area contributed by atoms with Gasteiger partial charge in [-0.25, -0.2) is 8.42 Å². The fourth-order valence-electron chi connectivity index (χ4n) is 4.39. The quantitative estimate of drug-likeness (QED) is 0.277. The summed E-state index contributed by atoms with van der Waals surface area (Å²) in [7, 11) is -3.81. The van der Waals surface area contributed by atoms with E-state index in [-0.39, 0.29) is 18.9 Å². The Bertz CT molecular complexity index is 1410. The monoisotopic (exact) mass is 583 g/mol. The van der Waals surface area contributed by atoms with Gasteiger partial charge in [-0.2, -0.15) is 0 Å². The second kappa shape index (κ2) is 14.3. The van der Waals surface area contributed by atoms with Crippen molar-refractivity contribution < 1.29 is 18.0 Å². The Morgan fingerprint density at radius 1 is 0.925 bits per heavy atom. The number of benzene rings is 3. The van der Waals surface area contributed by atoms with Crippen LogP contribution in [0.25, 0.3) is 0 Å². The molecule has 3 aromatic rings. The van der Waals surface area contributed by atoms with Crippen molar-refractivity contribution in [3.8, 4) is 0 Å². The van der Waals surface area contributed by atoms with Crippen molar-refractivity contribution in [3.63, 3.8) is 0 Å². The van der Waals surface area contributed by atoms with Crippen LogP contribution in [0, 0.1) is 13.8 Å². The molecule has 0 bridgehead atoms. The maximum Gasteiger partial charge on any atom is 0.244 e. The van der Waals surface area contributed by atoms with Crippen molar-refractivity contribution in [2.45, 2.75) is 52.6 Å². The molecule has 40 heavy (non-hydrogen) atoms. The molecule has 0 aliphatic carbocycles. The van der Waals surface area contributed by atoms with E-state index in [1.807, 2.05) is 63.2 Å². The molecular formula is C31H38ClN3O4S. The van der Waals surface area contributed by atoms with E-state index < -0.39 is 28.5 Å². The van der Waals surface area contributed by atoms with Crippen molar-refractivity contribution in [3.05, 3.63) is 100 Å². The summed E-state index contributed by atoms with van der Waals surface area (Å²) in [6.07, 6.45) is 3.07. The van der Waals surface area contributed by atoms with Gasteiger partial charge in [-0.05, 0) is 66.8 Å². The van der Waals surface area contributed by atoms with E-state index in [1.165, 1.54) is 4.90 Å². The van der Waals surface area contributed by atoms with Crippen LogP contribution in [-0.4, -0.2) is 50.5 Å². The molecule has 0 saturated carbocycles. The van der Waals surface area contributed by atoms with Gasteiger partial charge in [-0.3, -0.25) is 13.9 Å². The van der Waals surface area contributed by atoms with Crippen molar-refractivity contribution in [1.29, 1.82) is 0 Å². The van der Waals surface area contributed by atoms with Crippen LogP contribution in [-0.2, 0) is 32.6 Å². The molecule has 3 rings (SSSR count). The number of hydrogen-bond acceptors (Lipinski definition) is 4. The fraction of sp³-hybridized carbons (Fsp3) is 0.355. The molecule has 0 fully saturated rings. The zero-order valence-corrected chi connectivity index (χ0v) is 25.1. The molecule has 9 heteroatoms. The maximum atomic E-state index is 14.1. The van der Waals surface area contributed by atoms with Gasteiger partial charge < -0.3 is 10.2 Å². The van der Waals surface area contributed by atoms with Crippen LogP contribution < -0.4 is 9.62 Å². The highest BCUT2D eigenvalue weighted by Crippen LogP contribution is 2.23. The van der Waals surface area contributed by atoms with E-state index >= 15 is 0 Å². The summed E-state index contributed by atoms with van der Waals surface area (Å²) in [5, 5.41) is 3.48. The number of carbonyl (C=O) groups is 2. The van der Waals surface area contributed by atoms with Crippen LogP contribution in [0.1, 0.15) is 42.0 Å². The molecule has 1 unspecified atom stereocenters. The Kier molecular flexibility index (Phi) is 11.2. The third-order valence-electron chi connectivity index (χ3n) is 6.80. The summed E-state index contributed by atoms with van der Waals surface area (Å²) in [6.45, 7) is 5.99. The number of nitrogens with one attached hydrogen (secondary N) is 1. The summed E-state index contributed by atoms with van der Waals surface area (Å²) >= 11 is 6.25. The minimum atomic E-state index is -3.81. The first-order chi connectivity index (χ1) is 19.0. The van der Waals surface area contributed by atoms with Gasteiger partial charge in [0.05, 0.1) is 11.9 Å². The highest BCUT2D eigenvalue weighted by Gasteiger charge is 2.33. The number of halogens is 1. The average molecular weight is 584 g/mol. The number of carbonyl (C=O) groups excluding carboxylic acids is 2. The first kappa shape index (κ1) is 31.2. The predicted molar refractivity (Wildman–Crippen MR) is 162 cm³/mol. The first-order valence-corrected chi connectivity index (χ1v) is 15.6. The van der Waals surface area contributed by atoms with E-state index in [0.29, 0.717) is 17.3 Å². The zero-order valence-electron chi connectivity index (χ0n) is 23.6. The number of aryl methyl sites for hydroxylation is 2. The second-order valence-corrected chi connectivity index (χ2v) is 12.4. The summed E-state index contributed by atoms with van der Waals surface area (Å²) in [6, 6.07) is 21.0. The van der Waals surface area contributed by atoms with Crippen LogP contribution >= 0.6 is 11.6 Å². The van der Waals surface area contributed by atoms with Gasteiger partial charge >= 0.3 is 0 Å². The lowest BCUT2D eigenvalue weighted by atomic mass is 10.0. The van der Waals surface area contributed by atoms with E-state index in [2.05, 4.69) is 5.32 Å². The number of nitrogens with zero attached hydrogens (tertiary/aromatic N) is 2. The number of anilines is 1. The molecular weight excluding hydrogens is 546 g/mol. The van der Waals surface area contributed by atoms with Gasteiger partial charge in [0.15, 0.2) is 0 Å². The van der Waals surface area contributed by atoms with E-state index in [0.717, 1.165) is 45.7 Å². The second-order valence-electron chi connectivity index (χ2n) is 10.0. The molecule has 0 aromatic heterocycles. The molecule has 7 nitrogen and oxygen atoms in total. The lowest BCUT2D eigenvalue weighted by Crippen LogP contribution is -2.53. The fourth-order valence-corrected chi connectivity index (χ4v) is 5.44. The maximum absolute atomic E-state index is 14.1. The molecule has 0 saturated heterocycles. The highest BCUT2D eigenvalue weighted by molar-refractivity contribution is 7.92. The van der Waals surface area contributed by atoms with E-state index in [1.54, 1.807) is 30.3 Å². The van der Waals surface area contributed by atoms with Crippen molar-refractivity contribution in [2.75, 3.05) is 23.7 Å². The van der Waals surface area contributed by atoms with Crippen molar-refractivity contribution in [1.82, 2.24) is 10.2 Å². The number of amides is 2. The SMILES string of the molecule is CCCCNC(=O)C(Cc1ccccc1)N(Cc1cccc(Cl)c1)C(=O)CN(c1ccc(C)c(C)c1)S(C)(=O)=O. The van der Waals surface area contributed by atoms with E-state index in [9.17, 15) is 18.0 Å². The third kappa shape index (κ3) is 8.83. The summed E-state index contributed by atoms with van der Waals surface area (Å²) in [5.41, 5.74) is 3.94. The molecule has 0 radical (unpaired) electrons. The molecule has 1 atom stereocenters. The van der Waals surface area contributed by atoms with Crippen LogP contribution in [0.5, 0.6) is 0 Å². The number of hydrogen-bond donors (Lipinski definition) is 1. The molecule has 0 aliphatic rings. The molecule has 2 amide bonds. The van der Waals surface area contributed by atoms with Crippen LogP contribution in [0.3, 0.4) is 0 Å². The Hall–Kier alpha value is -3.36.